The SMILES string of the molecule is Cc1ccc(CN2C(=O)N(C(CC(C)C)C(=O)O)C(=O)C2C(C)C)cc1. The molecule has 1 heterocycles. The lowest BCUT2D eigenvalue weighted by atomic mass is 10.00. The van der Waals surface area contributed by atoms with Gasteiger partial charge in [0, 0.05) is 6.54 Å². The van der Waals surface area contributed by atoms with E-state index in [2.05, 4.69) is 0 Å². The van der Waals surface area contributed by atoms with Gasteiger partial charge in [0.15, 0.2) is 0 Å². The number of rotatable bonds is 7. The Morgan fingerprint density at radius 3 is 2.15 bits per heavy atom. The monoisotopic (exact) mass is 360 g/mol. The molecule has 0 bridgehead atoms. The maximum atomic E-state index is 13.0. The van der Waals surface area contributed by atoms with Gasteiger partial charge in [0.05, 0.1) is 0 Å². The van der Waals surface area contributed by atoms with Crippen molar-refractivity contribution >= 4 is 17.9 Å². The van der Waals surface area contributed by atoms with Crippen LogP contribution in [-0.4, -0.2) is 44.9 Å². The normalized spacial score (nSPS) is 19.0. The average molecular weight is 360 g/mol. The van der Waals surface area contributed by atoms with Gasteiger partial charge in [-0.1, -0.05) is 57.5 Å². The fourth-order valence-electron chi connectivity index (χ4n) is 3.38. The van der Waals surface area contributed by atoms with E-state index in [1.807, 2.05) is 58.9 Å². The number of carbonyl (C=O) groups excluding carboxylic acids is 2. The molecule has 0 saturated carbocycles. The lowest BCUT2D eigenvalue weighted by Gasteiger charge is -2.25. The molecule has 6 heteroatoms. The van der Waals surface area contributed by atoms with Crippen LogP contribution in [-0.2, 0) is 16.1 Å². The second-order valence-electron chi connectivity index (χ2n) is 7.78. The second kappa shape index (κ2) is 7.89. The van der Waals surface area contributed by atoms with Gasteiger partial charge in [-0.3, -0.25) is 4.79 Å². The second-order valence-corrected chi connectivity index (χ2v) is 7.78. The molecule has 1 saturated heterocycles. The molecule has 1 aromatic rings. The lowest BCUT2D eigenvalue weighted by molar-refractivity contribution is -0.147. The smallest absolute Gasteiger partial charge is 0.328 e. The Morgan fingerprint density at radius 1 is 1.12 bits per heavy atom. The number of carboxylic acids is 1. The van der Waals surface area contributed by atoms with Crippen molar-refractivity contribution in [3.05, 3.63) is 35.4 Å². The van der Waals surface area contributed by atoms with Gasteiger partial charge < -0.3 is 10.0 Å². The van der Waals surface area contributed by atoms with Crippen LogP contribution in [0.5, 0.6) is 0 Å². The Hall–Kier alpha value is -2.37. The molecule has 1 aromatic carbocycles. The van der Waals surface area contributed by atoms with Crippen LogP contribution in [0.25, 0.3) is 0 Å². The van der Waals surface area contributed by atoms with Gasteiger partial charge in [-0.15, -0.1) is 0 Å². The highest BCUT2D eigenvalue weighted by Gasteiger charge is 2.50. The van der Waals surface area contributed by atoms with Crippen molar-refractivity contribution in [3.63, 3.8) is 0 Å². The summed E-state index contributed by atoms with van der Waals surface area (Å²) in [6, 6.07) is 5.49. The molecule has 0 radical (unpaired) electrons. The number of aliphatic carboxylic acids is 1. The van der Waals surface area contributed by atoms with E-state index in [9.17, 15) is 19.5 Å². The van der Waals surface area contributed by atoms with Crippen molar-refractivity contribution in [1.29, 1.82) is 0 Å². The Morgan fingerprint density at radius 2 is 1.69 bits per heavy atom. The van der Waals surface area contributed by atoms with Gasteiger partial charge >= 0.3 is 12.0 Å². The van der Waals surface area contributed by atoms with E-state index >= 15 is 0 Å². The van der Waals surface area contributed by atoms with Crippen LogP contribution < -0.4 is 0 Å². The molecule has 0 aliphatic carbocycles. The third-order valence-electron chi connectivity index (χ3n) is 4.67. The predicted octanol–water partition coefficient (Wildman–Crippen LogP) is 3.28. The van der Waals surface area contributed by atoms with Crippen LogP contribution in [0.3, 0.4) is 0 Å². The molecule has 26 heavy (non-hydrogen) atoms. The molecule has 2 rings (SSSR count). The highest BCUT2D eigenvalue weighted by Crippen LogP contribution is 2.29. The van der Waals surface area contributed by atoms with E-state index in [4.69, 9.17) is 0 Å². The van der Waals surface area contributed by atoms with Gasteiger partial charge in [-0.25, -0.2) is 14.5 Å². The van der Waals surface area contributed by atoms with E-state index in [1.54, 1.807) is 0 Å². The van der Waals surface area contributed by atoms with Gasteiger partial charge in [0.2, 0.25) is 0 Å². The molecule has 3 amide bonds. The summed E-state index contributed by atoms with van der Waals surface area (Å²) in [4.78, 5) is 40.1. The molecule has 2 unspecified atom stereocenters. The minimum absolute atomic E-state index is 0.0559. The van der Waals surface area contributed by atoms with Crippen molar-refractivity contribution in [1.82, 2.24) is 9.80 Å². The number of urea groups is 1. The van der Waals surface area contributed by atoms with E-state index in [0.717, 1.165) is 16.0 Å². The zero-order valence-corrected chi connectivity index (χ0v) is 16.1. The molecule has 0 aromatic heterocycles. The first-order valence-electron chi connectivity index (χ1n) is 9.05. The standard InChI is InChI=1S/C20H28N2O4/c1-12(2)10-16(19(24)25)22-18(23)17(13(3)4)21(20(22)26)11-15-8-6-14(5)7-9-15/h6-9,12-13,16-17H,10-11H2,1-5H3,(H,24,25). The maximum absolute atomic E-state index is 13.0. The van der Waals surface area contributed by atoms with E-state index < -0.39 is 30.0 Å². The summed E-state index contributed by atoms with van der Waals surface area (Å²) in [6.45, 7) is 9.78. The molecule has 142 valence electrons. The molecule has 1 aliphatic rings. The molecular formula is C20H28N2O4. The summed E-state index contributed by atoms with van der Waals surface area (Å²) in [5.74, 6) is -1.60. The van der Waals surface area contributed by atoms with E-state index in [-0.39, 0.29) is 24.8 Å². The number of aryl methyl sites for hydroxylation is 1. The summed E-state index contributed by atoms with van der Waals surface area (Å²) in [7, 11) is 0. The first-order chi connectivity index (χ1) is 12.1. The van der Waals surface area contributed by atoms with Crippen molar-refractivity contribution < 1.29 is 19.5 Å². The summed E-state index contributed by atoms with van der Waals surface area (Å²) < 4.78 is 0. The van der Waals surface area contributed by atoms with Gasteiger partial charge in [-0.05, 0) is 30.7 Å². The Labute approximate surface area is 154 Å². The van der Waals surface area contributed by atoms with Crippen molar-refractivity contribution in [2.24, 2.45) is 11.8 Å². The van der Waals surface area contributed by atoms with E-state index in [1.165, 1.54) is 4.90 Å². The number of carboxylic acid groups (broad SMARTS) is 1. The van der Waals surface area contributed by atoms with Gasteiger partial charge in [0.1, 0.15) is 12.1 Å². The molecule has 1 fully saturated rings. The van der Waals surface area contributed by atoms with Crippen molar-refractivity contribution in [2.75, 3.05) is 0 Å². The summed E-state index contributed by atoms with van der Waals surface area (Å²) in [6.07, 6.45) is 0.246. The van der Waals surface area contributed by atoms with Crippen molar-refractivity contribution in [3.8, 4) is 0 Å². The summed E-state index contributed by atoms with van der Waals surface area (Å²) in [5, 5.41) is 9.58. The fourth-order valence-corrected chi connectivity index (χ4v) is 3.38. The third kappa shape index (κ3) is 4.06. The number of carbonyl (C=O) groups is 3. The maximum Gasteiger partial charge on any atom is 0.328 e. The molecule has 0 spiro atoms. The zero-order valence-electron chi connectivity index (χ0n) is 16.1. The van der Waals surface area contributed by atoms with Gasteiger partial charge in [0.25, 0.3) is 5.91 Å². The highest BCUT2D eigenvalue weighted by atomic mass is 16.4. The van der Waals surface area contributed by atoms with Crippen LogP contribution in [0.1, 0.15) is 45.2 Å². The Balaban J connectivity index is 2.35. The quantitative estimate of drug-likeness (QED) is 0.757. The lowest BCUT2D eigenvalue weighted by Crippen LogP contribution is -2.46. The summed E-state index contributed by atoms with van der Waals surface area (Å²) >= 11 is 0. The van der Waals surface area contributed by atoms with Crippen LogP contribution in [0, 0.1) is 18.8 Å². The first kappa shape index (κ1) is 19.9. The first-order valence-corrected chi connectivity index (χ1v) is 9.05. The molecule has 1 N–H and O–H groups in total. The molecule has 1 aliphatic heterocycles. The zero-order chi connectivity index (χ0) is 19.6. The third-order valence-corrected chi connectivity index (χ3v) is 4.67. The van der Waals surface area contributed by atoms with E-state index in [0.29, 0.717) is 0 Å². The molecule has 2 atom stereocenters. The number of hydrogen-bond acceptors (Lipinski definition) is 3. The minimum Gasteiger partial charge on any atom is -0.480 e. The number of amides is 3. The van der Waals surface area contributed by atoms with Gasteiger partial charge in [-0.2, -0.15) is 0 Å². The number of benzene rings is 1. The topological polar surface area (TPSA) is 77.9 Å². The minimum atomic E-state index is -1.14. The average Bonchev–Trinajstić information content (AvgIpc) is 2.77. The predicted molar refractivity (Wildman–Crippen MR) is 98.5 cm³/mol. The number of nitrogens with zero attached hydrogens (tertiary/aromatic N) is 2. The number of imide groups is 1. The van der Waals surface area contributed by atoms with Crippen molar-refractivity contribution in [2.45, 2.75) is 59.7 Å². The molecular weight excluding hydrogens is 332 g/mol. The van der Waals surface area contributed by atoms with Crippen LogP contribution in [0.4, 0.5) is 4.79 Å². The highest BCUT2D eigenvalue weighted by molar-refractivity contribution is 6.07. The Kier molecular flexibility index (Phi) is 6.05. The largest absolute Gasteiger partial charge is 0.480 e. The van der Waals surface area contributed by atoms with Crippen LogP contribution in [0.15, 0.2) is 24.3 Å². The Bertz CT molecular complexity index is 682. The molecule has 6 nitrogen and oxygen atoms in total. The summed E-state index contributed by atoms with van der Waals surface area (Å²) in [5.41, 5.74) is 2.03. The fraction of sp³-hybridized carbons (Fsp3) is 0.550. The van der Waals surface area contributed by atoms with Crippen LogP contribution >= 0.6 is 0 Å². The van der Waals surface area contributed by atoms with Crippen LogP contribution in [0.2, 0.25) is 0 Å². The number of hydrogen-bond donors (Lipinski definition) is 1.